The van der Waals surface area contributed by atoms with Crippen molar-refractivity contribution in [1.29, 1.82) is 0 Å². The molecule has 2 aliphatic carbocycles. The number of nitrogens with one attached hydrogen (secondary N) is 1. The fraction of sp³-hybridized carbons (Fsp3) is 0.867. The van der Waals surface area contributed by atoms with E-state index in [1.165, 1.54) is 0 Å². The van der Waals surface area contributed by atoms with Gasteiger partial charge in [-0.1, -0.05) is 25.7 Å². The van der Waals surface area contributed by atoms with E-state index in [4.69, 9.17) is 0 Å². The molecular formula is C15H25NO3S. The Hall–Kier alpha value is -0.710. The number of hydrogen-bond donors (Lipinski definition) is 2. The molecule has 5 heteroatoms. The second-order valence-corrected chi connectivity index (χ2v) is 7.28. The molecule has 0 radical (unpaired) electrons. The summed E-state index contributed by atoms with van der Waals surface area (Å²) in [6.07, 6.45) is 9.79. The van der Waals surface area contributed by atoms with Crippen LogP contribution in [0.5, 0.6) is 0 Å². The number of aliphatic carboxylic acids is 1. The molecule has 0 bridgehead atoms. The highest BCUT2D eigenvalue weighted by Crippen LogP contribution is 2.40. The van der Waals surface area contributed by atoms with Gasteiger partial charge in [0.25, 0.3) is 0 Å². The molecule has 2 rings (SSSR count). The number of carbonyl (C=O) groups is 2. The summed E-state index contributed by atoms with van der Waals surface area (Å²) in [5, 5.41) is 13.1. The number of amides is 1. The number of carboxylic acids is 1. The van der Waals surface area contributed by atoms with E-state index in [-0.39, 0.29) is 18.4 Å². The molecule has 0 aliphatic heterocycles. The van der Waals surface area contributed by atoms with Crippen LogP contribution in [0.3, 0.4) is 0 Å². The van der Waals surface area contributed by atoms with Crippen molar-refractivity contribution in [3.63, 3.8) is 0 Å². The Kier molecular flexibility index (Phi) is 5.35. The molecule has 0 aromatic carbocycles. The molecule has 2 saturated carbocycles. The third kappa shape index (κ3) is 3.48. The molecule has 2 N–H and O–H groups in total. The van der Waals surface area contributed by atoms with E-state index >= 15 is 0 Å². The molecule has 0 spiro atoms. The number of carbonyl (C=O) groups excluding carboxylic acids is 1. The van der Waals surface area contributed by atoms with Crippen LogP contribution in [0.1, 0.15) is 57.8 Å². The van der Waals surface area contributed by atoms with Gasteiger partial charge in [-0.25, -0.2) is 0 Å². The first kappa shape index (κ1) is 15.7. The van der Waals surface area contributed by atoms with Crippen LogP contribution in [0.15, 0.2) is 0 Å². The summed E-state index contributed by atoms with van der Waals surface area (Å²) in [5.74, 6) is -0.861. The van der Waals surface area contributed by atoms with Crippen molar-refractivity contribution in [2.24, 2.45) is 5.41 Å². The highest BCUT2D eigenvalue weighted by atomic mass is 32.2. The van der Waals surface area contributed by atoms with Crippen molar-refractivity contribution in [2.75, 3.05) is 6.26 Å². The summed E-state index contributed by atoms with van der Waals surface area (Å²) < 4.78 is 0. The lowest BCUT2D eigenvalue weighted by Gasteiger charge is -2.33. The maximum absolute atomic E-state index is 12.3. The van der Waals surface area contributed by atoms with Crippen LogP contribution in [0.25, 0.3) is 0 Å². The minimum atomic E-state index is -0.810. The fourth-order valence-electron chi connectivity index (χ4n) is 3.63. The van der Waals surface area contributed by atoms with Gasteiger partial charge < -0.3 is 10.4 Å². The molecule has 2 atom stereocenters. The largest absolute Gasteiger partial charge is 0.481 e. The number of thioether (sulfide) groups is 1. The Morgan fingerprint density at radius 1 is 1.20 bits per heavy atom. The van der Waals surface area contributed by atoms with Crippen LogP contribution in [-0.4, -0.2) is 34.5 Å². The zero-order valence-electron chi connectivity index (χ0n) is 12.2. The van der Waals surface area contributed by atoms with E-state index < -0.39 is 11.4 Å². The molecule has 2 aliphatic rings. The quantitative estimate of drug-likeness (QED) is 0.819. The van der Waals surface area contributed by atoms with Crippen molar-refractivity contribution < 1.29 is 14.7 Å². The van der Waals surface area contributed by atoms with Crippen LogP contribution >= 0.6 is 11.8 Å². The van der Waals surface area contributed by atoms with E-state index in [0.29, 0.717) is 18.1 Å². The smallest absolute Gasteiger partial charge is 0.310 e. The van der Waals surface area contributed by atoms with Gasteiger partial charge in [0, 0.05) is 17.7 Å². The van der Waals surface area contributed by atoms with Crippen molar-refractivity contribution in [2.45, 2.75) is 69.1 Å². The standard InChI is InChI=1S/C15H25NO3S/c1-20-12-7-5-6-11(12)16-13(17)10-15(14(18)19)8-3-2-4-9-15/h11-12H,2-10H2,1H3,(H,16,17)(H,18,19). The zero-order chi connectivity index (χ0) is 14.6. The third-order valence-corrected chi connectivity index (χ3v) is 6.03. The minimum absolute atomic E-state index is 0.0692. The molecular weight excluding hydrogens is 274 g/mol. The summed E-state index contributed by atoms with van der Waals surface area (Å²) in [5.41, 5.74) is -0.810. The van der Waals surface area contributed by atoms with Crippen molar-refractivity contribution >= 4 is 23.6 Å². The topological polar surface area (TPSA) is 66.4 Å². The Labute approximate surface area is 125 Å². The Balaban J connectivity index is 1.93. The summed E-state index contributed by atoms with van der Waals surface area (Å²) in [6.45, 7) is 0. The molecule has 1 amide bonds. The first-order valence-corrected chi connectivity index (χ1v) is 8.92. The van der Waals surface area contributed by atoms with Gasteiger partial charge in [-0.05, 0) is 31.9 Å². The van der Waals surface area contributed by atoms with Crippen LogP contribution in [0, 0.1) is 5.41 Å². The molecule has 2 fully saturated rings. The average Bonchev–Trinajstić information content (AvgIpc) is 2.86. The van der Waals surface area contributed by atoms with Crippen LogP contribution in [-0.2, 0) is 9.59 Å². The average molecular weight is 299 g/mol. The minimum Gasteiger partial charge on any atom is -0.481 e. The molecule has 114 valence electrons. The van der Waals surface area contributed by atoms with Gasteiger partial charge in [0.1, 0.15) is 0 Å². The SMILES string of the molecule is CSC1CCCC1NC(=O)CC1(C(=O)O)CCCCC1. The number of rotatable bonds is 5. The molecule has 0 heterocycles. The molecule has 0 aromatic rings. The Bertz CT molecular complexity index is 366. The lowest BCUT2D eigenvalue weighted by atomic mass is 9.71. The lowest BCUT2D eigenvalue weighted by Crippen LogP contribution is -2.44. The van der Waals surface area contributed by atoms with Crippen LogP contribution in [0.2, 0.25) is 0 Å². The fourth-order valence-corrected chi connectivity index (χ4v) is 4.57. The van der Waals surface area contributed by atoms with Crippen molar-refractivity contribution in [3.05, 3.63) is 0 Å². The van der Waals surface area contributed by atoms with Gasteiger partial charge in [-0.3, -0.25) is 9.59 Å². The second-order valence-electron chi connectivity index (χ2n) is 6.20. The highest BCUT2D eigenvalue weighted by molar-refractivity contribution is 7.99. The van der Waals surface area contributed by atoms with E-state index in [1.807, 2.05) is 0 Å². The molecule has 0 saturated heterocycles. The van der Waals surface area contributed by atoms with Gasteiger partial charge in [-0.2, -0.15) is 11.8 Å². The molecule has 2 unspecified atom stereocenters. The second kappa shape index (κ2) is 6.83. The first-order valence-electron chi connectivity index (χ1n) is 7.63. The van der Waals surface area contributed by atoms with Gasteiger partial charge in [0.2, 0.25) is 5.91 Å². The van der Waals surface area contributed by atoms with Gasteiger partial charge in [0.05, 0.1) is 5.41 Å². The van der Waals surface area contributed by atoms with Crippen LogP contribution < -0.4 is 5.32 Å². The van der Waals surface area contributed by atoms with Crippen molar-refractivity contribution in [1.82, 2.24) is 5.32 Å². The highest BCUT2D eigenvalue weighted by Gasteiger charge is 2.42. The predicted molar refractivity (Wildman–Crippen MR) is 80.9 cm³/mol. The van der Waals surface area contributed by atoms with E-state index in [0.717, 1.165) is 38.5 Å². The van der Waals surface area contributed by atoms with Gasteiger partial charge >= 0.3 is 5.97 Å². The predicted octanol–water partition coefficient (Wildman–Crippen LogP) is 2.81. The molecule has 0 aromatic heterocycles. The van der Waals surface area contributed by atoms with E-state index in [9.17, 15) is 14.7 Å². The van der Waals surface area contributed by atoms with E-state index in [2.05, 4.69) is 11.6 Å². The normalized spacial score (nSPS) is 29.1. The third-order valence-electron chi connectivity index (χ3n) is 4.86. The monoisotopic (exact) mass is 299 g/mol. The summed E-state index contributed by atoms with van der Waals surface area (Å²) in [7, 11) is 0. The Morgan fingerprint density at radius 3 is 2.50 bits per heavy atom. The molecule has 20 heavy (non-hydrogen) atoms. The number of hydrogen-bond acceptors (Lipinski definition) is 3. The maximum atomic E-state index is 12.3. The summed E-state index contributed by atoms with van der Waals surface area (Å²) in [4.78, 5) is 23.8. The molecule has 4 nitrogen and oxygen atoms in total. The maximum Gasteiger partial charge on any atom is 0.310 e. The van der Waals surface area contributed by atoms with Gasteiger partial charge in [-0.15, -0.1) is 0 Å². The van der Waals surface area contributed by atoms with Gasteiger partial charge in [0.15, 0.2) is 0 Å². The van der Waals surface area contributed by atoms with Crippen LogP contribution in [0.4, 0.5) is 0 Å². The number of carboxylic acid groups (broad SMARTS) is 1. The summed E-state index contributed by atoms with van der Waals surface area (Å²) >= 11 is 1.80. The lowest BCUT2D eigenvalue weighted by molar-refractivity contribution is -0.154. The summed E-state index contributed by atoms with van der Waals surface area (Å²) in [6, 6.07) is 0.229. The Morgan fingerprint density at radius 2 is 1.90 bits per heavy atom. The van der Waals surface area contributed by atoms with Crippen molar-refractivity contribution in [3.8, 4) is 0 Å². The van der Waals surface area contributed by atoms with E-state index in [1.54, 1.807) is 11.8 Å². The first-order chi connectivity index (χ1) is 9.57. The zero-order valence-corrected chi connectivity index (χ0v) is 13.0.